The highest BCUT2D eigenvalue weighted by atomic mass is 79.9. The molecule has 2 aromatic carbocycles. The van der Waals surface area contributed by atoms with E-state index < -0.39 is 0 Å². The molecule has 0 heterocycles. The van der Waals surface area contributed by atoms with Gasteiger partial charge < -0.3 is 15.4 Å². The number of benzene rings is 2. The lowest BCUT2D eigenvalue weighted by Gasteiger charge is -2.08. The maximum Gasteiger partial charge on any atom is 0.251 e. The summed E-state index contributed by atoms with van der Waals surface area (Å²) in [6, 6.07) is 15.1. The highest BCUT2D eigenvalue weighted by molar-refractivity contribution is 9.10. The average Bonchev–Trinajstić information content (AvgIpc) is 2.70. The second kappa shape index (κ2) is 12.2. The Balaban J connectivity index is 1.60. The minimum absolute atomic E-state index is 0.0735. The van der Waals surface area contributed by atoms with Crippen molar-refractivity contribution in [2.24, 2.45) is 0 Å². The summed E-state index contributed by atoms with van der Waals surface area (Å²) in [5, 5.41) is 5.64. The van der Waals surface area contributed by atoms with Crippen LogP contribution >= 0.6 is 15.9 Å². The van der Waals surface area contributed by atoms with E-state index in [9.17, 15) is 9.59 Å². The summed E-state index contributed by atoms with van der Waals surface area (Å²) in [6.07, 6.45) is 3.18. The molecule has 0 saturated heterocycles. The minimum Gasteiger partial charge on any atom is -0.494 e. The molecule has 28 heavy (non-hydrogen) atoms. The van der Waals surface area contributed by atoms with Gasteiger partial charge in [0.1, 0.15) is 5.75 Å². The van der Waals surface area contributed by atoms with E-state index in [4.69, 9.17) is 4.74 Å². The first-order chi connectivity index (χ1) is 13.6. The number of carbonyl (C=O) groups is 2. The van der Waals surface area contributed by atoms with Crippen LogP contribution in [0.15, 0.2) is 53.0 Å². The molecule has 6 heteroatoms. The third-order valence-electron chi connectivity index (χ3n) is 4.17. The predicted octanol–water partition coefficient (Wildman–Crippen LogP) is 4.11. The molecule has 0 aromatic heterocycles. The highest BCUT2D eigenvalue weighted by Gasteiger charge is 2.06. The third kappa shape index (κ3) is 8.13. The Morgan fingerprint density at radius 3 is 2.36 bits per heavy atom. The van der Waals surface area contributed by atoms with E-state index in [1.807, 2.05) is 36.4 Å². The zero-order valence-electron chi connectivity index (χ0n) is 16.2. The molecule has 0 aliphatic heterocycles. The summed E-state index contributed by atoms with van der Waals surface area (Å²) in [6.45, 7) is 3.75. The minimum atomic E-state index is -0.179. The largest absolute Gasteiger partial charge is 0.494 e. The van der Waals surface area contributed by atoms with Crippen molar-refractivity contribution >= 4 is 27.7 Å². The van der Waals surface area contributed by atoms with Crippen LogP contribution in [-0.2, 0) is 11.2 Å². The number of halogens is 1. The van der Waals surface area contributed by atoms with E-state index >= 15 is 0 Å². The van der Waals surface area contributed by atoms with Gasteiger partial charge in [-0.05, 0) is 54.8 Å². The van der Waals surface area contributed by atoms with Gasteiger partial charge in [0, 0.05) is 29.5 Å². The second-order valence-corrected chi connectivity index (χ2v) is 7.37. The Labute approximate surface area is 175 Å². The number of hydrogen-bond acceptors (Lipinski definition) is 3. The molecular formula is C22H27BrN2O3. The van der Waals surface area contributed by atoms with Gasteiger partial charge >= 0.3 is 0 Å². The molecule has 0 fully saturated rings. The van der Waals surface area contributed by atoms with Crippen LogP contribution in [0.25, 0.3) is 0 Å². The van der Waals surface area contributed by atoms with Gasteiger partial charge in [-0.1, -0.05) is 41.4 Å². The molecule has 0 radical (unpaired) electrons. The second-order valence-electron chi connectivity index (χ2n) is 6.46. The van der Waals surface area contributed by atoms with Crippen LogP contribution in [0.5, 0.6) is 5.75 Å². The molecule has 150 valence electrons. The van der Waals surface area contributed by atoms with Crippen LogP contribution in [0.4, 0.5) is 0 Å². The summed E-state index contributed by atoms with van der Waals surface area (Å²) in [5.74, 6) is 0.625. The number of rotatable bonds is 11. The Morgan fingerprint density at radius 1 is 0.964 bits per heavy atom. The number of carbonyl (C=O) groups excluding carboxylic acids is 2. The van der Waals surface area contributed by atoms with Crippen LogP contribution in [0.2, 0.25) is 0 Å². The molecule has 5 nitrogen and oxygen atoms in total. The topological polar surface area (TPSA) is 67.4 Å². The van der Waals surface area contributed by atoms with Gasteiger partial charge in [0.05, 0.1) is 6.61 Å². The van der Waals surface area contributed by atoms with Crippen LogP contribution in [0, 0.1) is 0 Å². The zero-order chi connectivity index (χ0) is 20.2. The molecule has 0 saturated carbocycles. The molecule has 2 N–H and O–H groups in total. The standard InChI is InChI=1S/C22H27BrN2O3/c1-2-3-16-28-20-10-4-17(5-11-20)12-14-24-21(26)13-15-25-22(27)18-6-8-19(23)9-7-18/h4-11H,2-3,12-16H2,1H3,(H,24,26)(H,25,27). The molecule has 0 unspecified atom stereocenters. The fourth-order valence-corrected chi connectivity index (χ4v) is 2.78. The fourth-order valence-electron chi connectivity index (χ4n) is 2.51. The van der Waals surface area contributed by atoms with E-state index in [2.05, 4.69) is 33.5 Å². The van der Waals surface area contributed by atoms with E-state index in [-0.39, 0.29) is 18.2 Å². The first-order valence-electron chi connectivity index (χ1n) is 9.60. The van der Waals surface area contributed by atoms with E-state index in [1.54, 1.807) is 12.1 Å². The zero-order valence-corrected chi connectivity index (χ0v) is 17.8. The molecule has 0 bridgehead atoms. The summed E-state index contributed by atoms with van der Waals surface area (Å²) in [7, 11) is 0. The lowest BCUT2D eigenvalue weighted by Crippen LogP contribution is -2.31. The summed E-state index contributed by atoms with van der Waals surface area (Å²) < 4.78 is 6.56. The molecule has 2 amide bonds. The maximum atomic E-state index is 12.0. The SMILES string of the molecule is CCCCOc1ccc(CCNC(=O)CCNC(=O)c2ccc(Br)cc2)cc1. The number of nitrogens with one attached hydrogen (secondary N) is 2. The molecule has 0 aliphatic carbocycles. The first-order valence-corrected chi connectivity index (χ1v) is 10.4. The Morgan fingerprint density at radius 2 is 1.68 bits per heavy atom. The normalized spacial score (nSPS) is 10.4. The van der Waals surface area contributed by atoms with Gasteiger partial charge in [0.15, 0.2) is 0 Å². The van der Waals surface area contributed by atoms with Gasteiger partial charge in [0.25, 0.3) is 5.91 Å². The molecular weight excluding hydrogens is 420 g/mol. The van der Waals surface area contributed by atoms with Crippen LogP contribution < -0.4 is 15.4 Å². The molecule has 0 spiro atoms. The lowest BCUT2D eigenvalue weighted by molar-refractivity contribution is -0.120. The van der Waals surface area contributed by atoms with Crippen LogP contribution in [0.1, 0.15) is 42.1 Å². The van der Waals surface area contributed by atoms with Crippen molar-refractivity contribution in [2.45, 2.75) is 32.6 Å². The van der Waals surface area contributed by atoms with Gasteiger partial charge in [-0.3, -0.25) is 9.59 Å². The Bertz CT molecular complexity index is 745. The Kier molecular flexibility index (Phi) is 9.55. The number of amides is 2. The fraction of sp³-hybridized carbons (Fsp3) is 0.364. The van der Waals surface area contributed by atoms with Crippen molar-refractivity contribution in [2.75, 3.05) is 19.7 Å². The van der Waals surface area contributed by atoms with Gasteiger partial charge in [-0.15, -0.1) is 0 Å². The van der Waals surface area contributed by atoms with Gasteiger partial charge in [-0.2, -0.15) is 0 Å². The van der Waals surface area contributed by atoms with Crippen molar-refractivity contribution in [3.05, 3.63) is 64.1 Å². The number of hydrogen-bond donors (Lipinski definition) is 2. The van der Waals surface area contributed by atoms with Gasteiger partial charge in [-0.25, -0.2) is 0 Å². The molecule has 0 atom stereocenters. The van der Waals surface area contributed by atoms with Crippen molar-refractivity contribution in [3.63, 3.8) is 0 Å². The summed E-state index contributed by atoms with van der Waals surface area (Å²) in [5.41, 5.74) is 1.72. The average molecular weight is 447 g/mol. The monoisotopic (exact) mass is 446 g/mol. The van der Waals surface area contributed by atoms with E-state index in [0.29, 0.717) is 18.7 Å². The van der Waals surface area contributed by atoms with Crippen LogP contribution in [0.3, 0.4) is 0 Å². The molecule has 2 aromatic rings. The highest BCUT2D eigenvalue weighted by Crippen LogP contribution is 2.13. The summed E-state index contributed by atoms with van der Waals surface area (Å²) >= 11 is 3.33. The Hall–Kier alpha value is -2.34. The third-order valence-corrected chi connectivity index (χ3v) is 4.70. The lowest BCUT2D eigenvalue weighted by atomic mass is 10.1. The molecule has 0 aliphatic rings. The number of ether oxygens (including phenoxy) is 1. The maximum absolute atomic E-state index is 12.0. The first kappa shape index (κ1) is 22.0. The van der Waals surface area contributed by atoms with E-state index in [1.165, 1.54) is 0 Å². The smallest absolute Gasteiger partial charge is 0.251 e. The van der Waals surface area contributed by atoms with Crippen LogP contribution in [-0.4, -0.2) is 31.5 Å². The summed E-state index contributed by atoms with van der Waals surface area (Å²) in [4.78, 5) is 23.9. The number of unbranched alkanes of at least 4 members (excludes halogenated alkanes) is 1. The van der Waals surface area contributed by atoms with E-state index in [0.717, 1.165) is 41.7 Å². The predicted molar refractivity (Wildman–Crippen MR) is 115 cm³/mol. The molecule has 2 rings (SSSR count). The van der Waals surface area contributed by atoms with Crippen molar-refractivity contribution < 1.29 is 14.3 Å². The van der Waals surface area contributed by atoms with Crippen molar-refractivity contribution in [1.82, 2.24) is 10.6 Å². The van der Waals surface area contributed by atoms with Gasteiger partial charge in [0.2, 0.25) is 5.91 Å². The quantitative estimate of drug-likeness (QED) is 0.510. The van der Waals surface area contributed by atoms with Crippen molar-refractivity contribution in [3.8, 4) is 5.75 Å². The van der Waals surface area contributed by atoms with Crippen molar-refractivity contribution in [1.29, 1.82) is 0 Å².